The van der Waals surface area contributed by atoms with Crippen LogP contribution in [0, 0.1) is 19.7 Å². The number of rotatable bonds is 7. The lowest BCUT2D eigenvalue weighted by Gasteiger charge is -2.18. The van der Waals surface area contributed by atoms with Crippen LogP contribution in [0.4, 0.5) is 27.5 Å². The third kappa shape index (κ3) is 4.46. The van der Waals surface area contributed by atoms with Gasteiger partial charge in [0.2, 0.25) is 5.91 Å². The SMILES string of the molecule is Cc1nc(NCCC2c3c(C)ccc(F)c3NC2C)cc(Nc2ccc(C(N)=O)cn2)n1. The van der Waals surface area contributed by atoms with Gasteiger partial charge >= 0.3 is 0 Å². The summed E-state index contributed by atoms with van der Waals surface area (Å²) in [7, 11) is 0. The molecule has 0 radical (unpaired) electrons. The van der Waals surface area contributed by atoms with Crippen molar-refractivity contribution in [2.45, 2.75) is 39.2 Å². The van der Waals surface area contributed by atoms with Crippen molar-refractivity contribution in [2.24, 2.45) is 5.73 Å². The van der Waals surface area contributed by atoms with Crippen LogP contribution in [0.1, 0.15) is 46.6 Å². The summed E-state index contributed by atoms with van der Waals surface area (Å²) in [6.07, 6.45) is 2.24. The average Bonchev–Trinajstić information content (AvgIpc) is 3.08. The largest absolute Gasteiger partial charge is 0.379 e. The molecule has 3 aromatic rings. The fraction of sp³-hybridized carbons (Fsp3) is 0.304. The Hall–Kier alpha value is -3.75. The number of hydrogen-bond donors (Lipinski definition) is 4. The van der Waals surface area contributed by atoms with Crippen LogP contribution in [0.5, 0.6) is 0 Å². The van der Waals surface area contributed by atoms with E-state index in [-0.39, 0.29) is 17.8 Å². The predicted molar refractivity (Wildman–Crippen MR) is 123 cm³/mol. The smallest absolute Gasteiger partial charge is 0.250 e. The number of nitrogens with one attached hydrogen (secondary N) is 3. The fourth-order valence-corrected chi connectivity index (χ4v) is 4.12. The van der Waals surface area contributed by atoms with Crippen molar-refractivity contribution in [3.05, 3.63) is 64.9 Å². The first-order chi connectivity index (χ1) is 15.3. The molecule has 0 saturated carbocycles. The summed E-state index contributed by atoms with van der Waals surface area (Å²) in [5.74, 6) is 1.89. The van der Waals surface area contributed by atoms with Gasteiger partial charge in [-0.15, -0.1) is 0 Å². The molecular weight excluding hydrogens is 409 g/mol. The van der Waals surface area contributed by atoms with Crippen molar-refractivity contribution >= 4 is 29.0 Å². The maximum absolute atomic E-state index is 14.2. The first-order valence-corrected chi connectivity index (χ1v) is 10.5. The van der Waals surface area contributed by atoms with E-state index in [1.54, 1.807) is 18.2 Å². The summed E-state index contributed by atoms with van der Waals surface area (Å²) in [6, 6.07) is 8.57. The zero-order valence-electron chi connectivity index (χ0n) is 18.2. The van der Waals surface area contributed by atoms with E-state index in [0.717, 1.165) is 17.5 Å². The molecule has 166 valence electrons. The summed E-state index contributed by atoms with van der Waals surface area (Å²) in [5.41, 5.74) is 8.37. The topological polar surface area (TPSA) is 118 Å². The lowest BCUT2D eigenvalue weighted by atomic mass is 9.89. The second-order valence-electron chi connectivity index (χ2n) is 8.01. The molecule has 32 heavy (non-hydrogen) atoms. The van der Waals surface area contributed by atoms with Crippen molar-refractivity contribution < 1.29 is 9.18 Å². The number of primary amides is 1. The van der Waals surface area contributed by atoms with E-state index in [4.69, 9.17) is 5.73 Å². The molecule has 0 spiro atoms. The molecule has 8 nitrogen and oxygen atoms in total. The van der Waals surface area contributed by atoms with E-state index in [0.29, 0.717) is 41.1 Å². The van der Waals surface area contributed by atoms with E-state index >= 15 is 0 Å². The summed E-state index contributed by atoms with van der Waals surface area (Å²) in [4.78, 5) is 24.2. The number of aryl methyl sites for hydroxylation is 2. The van der Waals surface area contributed by atoms with Gasteiger partial charge in [0.15, 0.2) is 0 Å². The molecule has 4 rings (SSSR count). The number of nitrogens with zero attached hydrogens (tertiary/aromatic N) is 3. The first kappa shape index (κ1) is 21.5. The van der Waals surface area contributed by atoms with Gasteiger partial charge in [-0.05, 0) is 56.5 Å². The van der Waals surface area contributed by atoms with Gasteiger partial charge in [0.1, 0.15) is 29.1 Å². The van der Waals surface area contributed by atoms with E-state index in [9.17, 15) is 9.18 Å². The minimum absolute atomic E-state index is 0.154. The Morgan fingerprint density at radius 2 is 1.94 bits per heavy atom. The number of amides is 1. The van der Waals surface area contributed by atoms with E-state index in [1.165, 1.54) is 12.3 Å². The molecule has 5 N–H and O–H groups in total. The van der Waals surface area contributed by atoms with Crippen molar-refractivity contribution in [3.63, 3.8) is 0 Å². The number of hydrogen-bond acceptors (Lipinski definition) is 7. The second-order valence-corrected chi connectivity index (χ2v) is 8.01. The highest BCUT2D eigenvalue weighted by Crippen LogP contribution is 2.41. The van der Waals surface area contributed by atoms with Crippen LogP contribution in [0.25, 0.3) is 0 Å². The van der Waals surface area contributed by atoms with Gasteiger partial charge in [0.25, 0.3) is 0 Å². The number of pyridine rings is 1. The Kier molecular flexibility index (Phi) is 5.89. The van der Waals surface area contributed by atoms with E-state index in [2.05, 4.69) is 37.8 Å². The van der Waals surface area contributed by atoms with Crippen molar-refractivity contribution in [1.29, 1.82) is 0 Å². The van der Waals surface area contributed by atoms with Gasteiger partial charge in [0, 0.05) is 30.8 Å². The Labute approximate surface area is 185 Å². The third-order valence-corrected chi connectivity index (χ3v) is 5.66. The summed E-state index contributed by atoms with van der Waals surface area (Å²) in [5, 5.41) is 9.75. The fourth-order valence-electron chi connectivity index (χ4n) is 4.12. The Morgan fingerprint density at radius 1 is 1.16 bits per heavy atom. The van der Waals surface area contributed by atoms with Crippen LogP contribution in [0.2, 0.25) is 0 Å². The summed E-state index contributed by atoms with van der Waals surface area (Å²) in [6.45, 7) is 6.59. The lowest BCUT2D eigenvalue weighted by Crippen LogP contribution is -2.19. The number of carbonyl (C=O) groups excluding carboxylic acids is 1. The zero-order valence-corrected chi connectivity index (χ0v) is 18.2. The molecule has 1 amide bonds. The van der Waals surface area contributed by atoms with E-state index in [1.807, 2.05) is 19.9 Å². The number of aromatic nitrogens is 3. The summed E-state index contributed by atoms with van der Waals surface area (Å²) >= 11 is 0. The van der Waals surface area contributed by atoms with Gasteiger partial charge < -0.3 is 21.7 Å². The third-order valence-electron chi connectivity index (χ3n) is 5.66. The Balaban J connectivity index is 1.42. The molecule has 1 aliphatic heterocycles. The molecular formula is C23H26FN7O. The number of fused-ring (bicyclic) bond motifs is 1. The lowest BCUT2D eigenvalue weighted by molar-refractivity contribution is 0.1000. The average molecular weight is 436 g/mol. The Bertz CT molecular complexity index is 1150. The Morgan fingerprint density at radius 3 is 2.66 bits per heavy atom. The number of halogens is 1. The number of nitrogens with two attached hydrogens (primary N) is 1. The summed E-state index contributed by atoms with van der Waals surface area (Å²) < 4.78 is 14.2. The minimum Gasteiger partial charge on any atom is -0.379 e. The van der Waals surface area contributed by atoms with E-state index < -0.39 is 5.91 Å². The van der Waals surface area contributed by atoms with Gasteiger partial charge in [0.05, 0.1) is 11.3 Å². The molecule has 2 unspecified atom stereocenters. The van der Waals surface area contributed by atoms with Crippen LogP contribution in [-0.4, -0.2) is 33.4 Å². The molecule has 0 fully saturated rings. The van der Waals surface area contributed by atoms with Crippen LogP contribution < -0.4 is 21.7 Å². The molecule has 0 bridgehead atoms. The quantitative estimate of drug-likeness (QED) is 0.445. The van der Waals surface area contributed by atoms with Crippen LogP contribution in [-0.2, 0) is 0 Å². The van der Waals surface area contributed by atoms with Crippen LogP contribution >= 0.6 is 0 Å². The molecule has 9 heteroatoms. The minimum atomic E-state index is -0.527. The van der Waals surface area contributed by atoms with Crippen LogP contribution in [0.3, 0.4) is 0 Å². The zero-order chi connectivity index (χ0) is 22.8. The van der Waals surface area contributed by atoms with Crippen molar-refractivity contribution in [3.8, 4) is 0 Å². The molecule has 3 heterocycles. The van der Waals surface area contributed by atoms with Gasteiger partial charge in [-0.3, -0.25) is 4.79 Å². The number of carbonyl (C=O) groups is 1. The standard InChI is InChI=1S/C23H26FN7O/c1-12-4-6-17(24)22-21(12)16(13(2)28-22)8-9-26-19-10-20(30-14(3)29-19)31-18-7-5-15(11-27-18)23(25)32/h4-7,10-11,13,16,28H,8-9H2,1-3H3,(H2,25,32)(H2,26,27,29,30,31). The molecule has 1 aromatic carbocycles. The highest BCUT2D eigenvalue weighted by molar-refractivity contribution is 5.92. The molecule has 1 aliphatic rings. The van der Waals surface area contributed by atoms with Gasteiger partial charge in [-0.1, -0.05) is 6.07 Å². The van der Waals surface area contributed by atoms with Gasteiger partial charge in [-0.2, -0.15) is 0 Å². The van der Waals surface area contributed by atoms with Gasteiger partial charge in [-0.25, -0.2) is 19.3 Å². The number of benzene rings is 1. The normalized spacial score (nSPS) is 16.9. The maximum Gasteiger partial charge on any atom is 0.250 e. The molecule has 2 aromatic heterocycles. The predicted octanol–water partition coefficient (Wildman–Crippen LogP) is 3.87. The molecule has 0 saturated heterocycles. The van der Waals surface area contributed by atoms with Crippen molar-refractivity contribution in [1.82, 2.24) is 15.0 Å². The number of anilines is 4. The maximum atomic E-state index is 14.2. The first-order valence-electron chi connectivity index (χ1n) is 10.5. The molecule has 0 aliphatic carbocycles. The monoisotopic (exact) mass is 435 g/mol. The molecule has 2 atom stereocenters. The van der Waals surface area contributed by atoms with Crippen LogP contribution in [0.15, 0.2) is 36.5 Å². The second kappa shape index (κ2) is 8.78. The highest BCUT2D eigenvalue weighted by Gasteiger charge is 2.32. The highest BCUT2D eigenvalue weighted by atomic mass is 19.1. The van der Waals surface area contributed by atoms with Crippen molar-refractivity contribution in [2.75, 3.05) is 22.5 Å².